The van der Waals surface area contributed by atoms with Gasteiger partial charge in [-0.1, -0.05) is 43.1 Å². The second-order valence-electron chi connectivity index (χ2n) is 5.92. The monoisotopic (exact) mass is 315 g/mol. The molecule has 1 aliphatic rings. The van der Waals surface area contributed by atoms with Crippen molar-refractivity contribution in [2.45, 2.75) is 32.8 Å². The molecule has 2 nitrogen and oxygen atoms in total. The Hall–Kier alpha value is -0.280. The van der Waals surface area contributed by atoms with E-state index in [1.807, 2.05) is 18.2 Å². The minimum Gasteiger partial charge on any atom is -0.373 e. The van der Waals surface area contributed by atoms with Crippen LogP contribution >= 0.6 is 23.2 Å². The van der Waals surface area contributed by atoms with Crippen molar-refractivity contribution < 1.29 is 4.74 Å². The van der Waals surface area contributed by atoms with Crippen LogP contribution in [-0.2, 0) is 4.74 Å². The Morgan fingerprint density at radius 1 is 1.30 bits per heavy atom. The molecule has 4 heteroatoms. The zero-order valence-electron chi connectivity index (χ0n) is 12.2. The summed E-state index contributed by atoms with van der Waals surface area (Å²) in [5, 5.41) is 4.74. The summed E-state index contributed by atoms with van der Waals surface area (Å²) in [5.74, 6) is 1.17. The largest absolute Gasteiger partial charge is 0.373 e. The van der Waals surface area contributed by atoms with Crippen LogP contribution in [0, 0.1) is 11.8 Å². The lowest BCUT2D eigenvalue weighted by Crippen LogP contribution is -2.33. The molecule has 0 aliphatic carbocycles. The third-order valence-electron chi connectivity index (χ3n) is 3.68. The van der Waals surface area contributed by atoms with E-state index in [0.717, 1.165) is 31.7 Å². The lowest BCUT2D eigenvalue weighted by atomic mass is 9.89. The van der Waals surface area contributed by atoms with Gasteiger partial charge in [-0.2, -0.15) is 0 Å². The molecule has 112 valence electrons. The smallest absolute Gasteiger partial charge is 0.0865 e. The highest BCUT2D eigenvalue weighted by Gasteiger charge is 2.27. The molecule has 0 radical (unpaired) electrons. The quantitative estimate of drug-likeness (QED) is 0.849. The zero-order chi connectivity index (χ0) is 14.5. The van der Waals surface area contributed by atoms with Gasteiger partial charge in [0.15, 0.2) is 0 Å². The van der Waals surface area contributed by atoms with Gasteiger partial charge in [-0.05, 0) is 43.0 Å². The predicted molar refractivity (Wildman–Crippen MR) is 85.6 cm³/mol. The summed E-state index contributed by atoms with van der Waals surface area (Å²) in [5.41, 5.74) is 1.13. The number of rotatable bonds is 5. The lowest BCUT2D eigenvalue weighted by molar-refractivity contribution is -0.0278. The standard InChI is InChI=1S/C16H23Cl2NO/c1-11(2)9-19-10-13-4-3-7-20-16(13)12-5-6-14(17)15(18)8-12/h5-6,8,11,13,16,19H,3-4,7,9-10H2,1-2H3. The lowest BCUT2D eigenvalue weighted by Gasteiger charge is -2.32. The first-order valence-electron chi connectivity index (χ1n) is 7.35. The van der Waals surface area contributed by atoms with Crippen LogP contribution in [0.3, 0.4) is 0 Å². The fourth-order valence-electron chi connectivity index (χ4n) is 2.67. The van der Waals surface area contributed by atoms with Crippen molar-refractivity contribution in [3.05, 3.63) is 33.8 Å². The molecule has 2 atom stereocenters. The molecule has 2 rings (SSSR count). The van der Waals surface area contributed by atoms with Crippen LogP contribution in [0.5, 0.6) is 0 Å². The van der Waals surface area contributed by atoms with Gasteiger partial charge in [0.25, 0.3) is 0 Å². The van der Waals surface area contributed by atoms with E-state index >= 15 is 0 Å². The van der Waals surface area contributed by atoms with Crippen molar-refractivity contribution in [2.24, 2.45) is 11.8 Å². The fourth-order valence-corrected chi connectivity index (χ4v) is 2.97. The van der Waals surface area contributed by atoms with Gasteiger partial charge in [-0.25, -0.2) is 0 Å². The molecule has 0 saturated carbocycles. The molecule has 1 heterocycles. The minimum atomic E-state index is 0.123. The first kappa shape index (κ1) is 16.1. The average Bonchev–Trinajstić information content (AvgIpc) is 2.42. The molecule has 0 bridgehead atoms. The van der Waals surface area contributed by atoms with E-state index in [1.54, 1.807) is 0 Å². The Labute approximate surface area is 131 Å². The third-order valence-corrected chi connectivity index (χ3v) is 4.42. The fraction of sp³-hybridized carbons (Fsp3) is 0.625. The number of benzene rings is 1. The molecule has 2 unspecified atom stereocenters. The molecule has 0 spiro atoms. The van der Waals surface area contributed by atoms with E-state index in [4.69, 9.17) is 27.9 Å². The number of ether oxygens (including phenoxy) is 1. The van der Waals surface area contributed by atoms with Gasteiger partial charge in [-0.3, -0.25) is 0 Å². The Bertz CT molecular complexity index is 436. The van der Waals surface area contributed by atoms with Gasteiger partial charge in [0, 0.05) is 19.1 Å². The SMILES string of the molecule is CC(C)CNCC1CCCOC1c1ccc(Cl)c(Cl)c1. The molecule has 1 aromatic carbocycles. The van der Waals surface area contributed by atoms with E-state index in [9.17, 15) is 0 Å². The highest BCUT2D eigenvalue weighted by molar-refractivity contribution is 6.42. The summed E-state index contributed by atoms with van der Waals surface area (Å²) in [6, 6.07) is 5.82. The van der Waals surface area contributed by atoms with Crippen LogP contribution in [0.1, 0.15) is 38.4 Å². The van der Waals surface area contributed by atoms with Gasteiger partial charge in [-0.15, -0.1) is 0 Å². The molecule has 1 aromatic rings. The van der Waals surface area contributed by atoms with Crippen molar-refractivity contribution in [3.63, 3.8) is 0 Å². The van der Waals surface area contributed by atoms with Gasteiger partial charge in [0.2, 0.25) is 0 Å². The Morgan fingerprint density at radius 3 is 2.80 bits per heavy atom. The van der Waals surface area contributed by atoms with Crippen LogP contribution in [0.25, 0.3) is 0 Å². The normalized spacial score (nSPS) is 23.2. The maximum Gasteiger partial charge on any atom is 0.0865 e. The zero-order valence-corrected chi connectivity index (χ0v) is 13.7. The van der Waals surface area contributed by atoms with Crippen molar-refractivity contribution in [1.29, 1.82) is 0 Å². The highest BCUT2D eigenvalue weighted by Crippen LogP contribution is 2.35. The van der Waals surface area contributed by atoms with Crippen LogP contribution in [-0.4, -0.2) is 19.7 Å². The van der Waals surface area contributed by atoms with E-state index in [2.05, 4.69) is 19.2 Å². The summed E-state index contributed by atoms with van der Waals surface area (Å²) >= 11 is 12.1. The van der Waals surface area contributed by atoms with Gasteiger partial charge in [0.1, 0.15) is 0 Å². The van der Waals surface area contributed by atoms with Crippen molar-refractivity contribution in [2.75, 3.05) is 19.7 Å². The first-order chi connectivity index (χ1) is 9.58. The molecule has 1 N–H and O–H groups in total. The molecule has 0 aromatic heterocycles. The van der Waals surface area contributed by atoms with E-state index in [-0.39, 0.29) is 6.10 Å². The van der Waals surface area contributed by atoms with Crippen LogP contribution < -0.4 is 5.32 Å². The summed E-state index contributed by atoms with van der Waals surface area (Å²) in [6.45, 7) is 7.31. The molecule has 20 heavy (non-hydrogen) atoms. The molecular formula is C16H23Cl2NO. The average molecular weight is 316 g/mol. The van der Waals surface area contributed by atoms with Crippen LogP contribution in [0.2, 0.25) is 10.0 Å². The molecule has 1 aliphatic heterocycles. The minimum absolute atomic E-state index is 0.123. The van der Waals surface area contributed by atoms with Crippen molar-refractivity contribution in [1.82, 2.24) is 5.32 Å². The Balaban J connectivity index is 2.03. The van der Waals surface area contributed by atoms with E-state index in [1.165, 1.54) is 6.42 Å². The second-order valence-corrected chi connectivity index (χ2v) is 6.73. The first-order valence-corrected chi connectivity index (χ1v) is 8.10. The Kier molecular flexibility index (Phi) is 6.16. The summed E-state index contributed by atoms with van der Waals surface area (Å²) in [6.07, 6.45) is 2.44. The summed E-state index contributed by atoms with van der Waals surface area (Å²) < 4.78 is 5.99. The number of hydrogen-bond acceptors (Lipinski definition) is 2. The molecule has 0 amide bonds. The van der Waals surface area contributed by atoms with Gasteiger partial charge < -0.3 is 10.1 Å². The number of halogens is 2. The van der Waals surface area contributed by atoms with Gasteiger partial charge in [0.05, 0.1) is 16.1 Å². The summed E-state index contributed by atoms with van der Waals surface area (Å²) in [4.78, 5) is 0. The topological polar surface area (TPSA) is 21.3 Å². The molecule has 1 fully saturated rings. The van der Waals surface area contributed by atoms with Crippen molar-refractivity contribution in [3.8, 4) is 0 Å². The maximum atomic E-state index is 6.12. The third kappa shape index (κ3) is 4.36. The van der Waals surface area contributed by atoms with Crippen LogP contribution in [0.4, 0.5) is 0 Å². The molecule has 1 saturated heterocycles. The highest BCUT2D eigenvalue weighted by atomic mass is 35.5. The second kappa shape index (κ2) is 7.65. The summed E-state index contributed by atoms with van der Waals surface area (Å²) in [7, 11) is 0. The number of hydrogen-bond donors (Lipinski definition) is 1. The number of nitrogens with one attached hydrogen (secondary N) is 1. The van der Waals surface area contributed by atoms with Crippen LogP contribution in [0.15, 0.2) is 18.2 Å². The molecular weight excluding hydrogens is 293 g/mol. The Morgan fingerprint density at radius 2 is 2.10 bits per heavy atom. The predicted octanol–water partition coefficient (Wildman–Crippen LogP) is 4.71. The van der Waals surface area contributed by atoms with E-state index < -0.39 is 0 Å². The van der Waals surface area contributed by atoms with E-state index in [0.29, 0.717) is 21.9 Å². The van der Waals surface area contributed by atoms with Gasteiger partial charge >= 0.3 is 0 Å². The van der Waals surface area contributed by atoms with Crippen molar-refractivity contribution >= 4 is 23.2 Å². The maximum absolute atomic E-state index is 6.12.